The molecule has 1 aliphatic rings. The fourth-order valence-electron chi connectivity index (χ4n) is 4.00. The van der Waals surface area contributed by atoms with E-state index in [1.54, 1.807) is 0 Å². The Kier molecular flexibility index (Phi) is 6.06. The molecule has 9 heteroatoms. The molecule has 0 spiro atoms. The predicted octanol–water partition coefficient (Wildman–Crippen LogP) is -0.384. The van der Waals surface area contributed by atoms with E-state index in [2.05, 4.69) is 72.7 Å². The number of aromatic nitrogens is 7. The van der Waals surface area contributed by atoms with Gasteiger partial charge in [-0.15, -0.1) is 10.2 Å². The highest BCUT2D eigenvalue weighted by molar-refractivity contribution is 5.73. The molecular formula is C21H24ClN8-. The summed E-state index contributed by atoms with van der Waals surface area (Å²) in [7, 11) is 0. The van der Waals surface area contributed by atoms with Crippen molar-refractivity contribution in [1.82, 2.24) is 40.1 Å². The van der Waals surface area contributed by atoms with Gasteiger partial charge in [0.25, 0.3) is 0 Å². The first-order valence-electron chi connectivity index (χ1n) is 10.1. The van der Waals surface area contributed by atoms with Crippen molar-refractivity contribution in [1.29, 1.82) is 0 Å². The molecule has 1 aliphatic heterocycles. The zero-order valence-electron chi connectivity index (χ0n) is 16.9. The van der Waals surface area contributed by atoms with Crippen molar-refractivity contribution in [2.45, 2.75) is 38.9 Å². The number of piperidine rings is 1. The van der Waals surface area contributed by atoms with E-state index in [9.17, 15) is 0 Å². The summed E-state index contributed by atoms with van der Waals surface area (Å²) in [4.78, 5) is 2.42. The Morgan fingerprint density at radius 1 is 0.900 bits per heavy atom. The highest BCUT2D eigenvalue weighted by atomic mass is 35.5. The average Bonchev–Trinajstić information content (AvgIpc) is 3.37. The summed E-state index contributed by atoms with van der Waals surface area (Å²) in [6.45, 7) is 5.55. The van der Waals surface area contributed by atoms with Crippen molar-refractivity contribution < 1.29 is 12.4 Å². The maximum absolute atomic E-state index is 4.40. The maximum Gasteiger partial charge on any atom is 0.165 e. The van der Waals surface area contributed by atoms with Gasteiger partial charge in [0.15, 0.2) is 5.82 Å². The lowest BCUT2D eigenvalue weighted by atomic mass is 10.0. The van der Waals surface area contributed by atoms with Gasteiger partial charge in [-0.3, -0.25) is 4.90 Å². The molecule has 8 nitrogen and oxygen atoms in total. The van der Waals surface area contributed by atoms with Gasteiger partial charge in [0, 0.05) is 13.1 Å². The van der Waals surface area contributed by atoms with E-state index in [0.29, 0.717) is 12.6 Å². The second-order valence-corrected chi connectivity index (χ2v) is 7.77. The Balaban J connectivity index is 0.00000218. The second-order valence-electron chi connectivity index (χ2n) is 7.77. The molecule has 0 atom stereocenters. The number of benzene rings is 2. The molecule has 1 saturated heterocycles. The highest BCUT2D eigenvalue weighted by Gasteiger charge is 2.24. The van der Waals surface area contributed by atoms with Gasteiger partial charge in [0.1, 0.15) is 5.52 Å². The third kappa shape index (κ3) is 4.20. The van der Waals surface area contributed by atoms with Gasteiger partial charge in [-0.2, -0.15) is 0 Å². The second kappa shape index (κ2) is 8.89. The number of likely N-dealkylation sites (tertiary alicyclic amines) is 1. The van der Waals surface area contributed by atoms with Crippen molar-refractivity contribution in [3.63, 3.8) is 0 Å². The Labute approximate surface area is 181 Å². The smallest absolute Gasteiger partial charge is 0.165 e. The van der Waals surface area contributed by atoms with Crippen LogP contribution in [0.25, 0.3) is 11.0 Å². The third-order valence-corrected chi connectivity index (χ3v) is 5.70. The van der Waals surface area contributed by atoms with E-state index in [1.165, 1.54) is 11.1 Å². The molecule has 0 radical (unpaired) electrons. The van der Waals surface area contributed by atoms with E-state index in [-0.39, 0.29) is 12.4 Å². The summed E-state index contributed by atoms with van der Waals surface area (Å²) in [6, 6.07) is 17.1. The summed E-state index contributed by atoms with van der Waals surface area (Å²) in [5, 5.41) is 21.1. The Bertz CT molecular complexity index is 1100. The van der Waals surface area contributed by atoms with Gasteiger partial charge in [-0.25, -0.2) is 9.36 Å². The predicted molar refractivity (Wildman–Crippen MR) is 109 cm³/mol. The van der Waals surface area contributed by atoms with E-state index in [1.807, 2.05) is 22.9 Å². The van der Waals surface area contributed by atoms with Crippen LogP contribution >= 0.6 is 0 Å². The SMILES string of the molecule is Cc1ccc(Cn2nnnc2CN2CCC(n3nnc4ccccc43)CC2)cc1.[Cl-]. The van der Waals surface area contributed by atoms with E-state index >= 15 is 0 Å². The lowest BCUT2D eigenvalue weighted by molar-refractivity contribution is -0.00000625. The molecule has 0 saturated carbocycles. The molecule has 2 aromatic heterocycles. The fraction of sp³-hybridized carbons (Fsp3) is 0.381. The summed E-state index contributed by atoms with van der Waals surface area (Å²) in [5.41, 5.74) is 4.55. The minimum Gasteiger partial charge on any atom is -1.00 e. The van der Waals surface area contributed by atoms with Crippen LogP contribution in [0.4, 0.5) is 0 Å². The Morgan fingerprint density at radius 2 is 1.67 bits per heavy atom. The van der Waals surface area contributed by atoms with E-state index in [0.717, 1.165) is 49.3 Å². The molecule has 0 unspecified atom stereocenters. The van der Waals surface area contributed by atoms with Gasteiger partial charge in [-0.05, 0) is 47.9 Å². The number of fused-ring (bicyclic) bond motifs is 1. The fourth-order valence-corrected chi connectivity index (χ4v) is 4.00. The highest BCUT2D eigenvalue weighted by Crippen LogP contribution is 2.25. The number of hydrogen-bond acceptors (Lipinski definition) is 6. The number of rotatable bonds is 5. The maximum atomic E-state index is 4.40. The van der Waals surface area contributed by atoms with Gasteiger partial charge >= 0.3 is 0 Å². The first-order chi connectivity index (χ1) is 14.3. The number of hydrogen-bond donors (Lipinski definition) is 0. The van der Waals surface area contributed by atoms with Crippen LogP contribution in [0.5, 0.6) is 0 Å². The van der Waals surface area contributed by atoms with Crippen molar-refractivity contribution >= 4 is 11.0 Å². The minimum absolute atomic E-state index is 0. The summed E-state index contributed by atoms with van der Waals surface area (Å²) < 4.78 is 4.00. The zero-order valence-corrected chi connectivity index (χ0v) is 17.7. The first-order valence-corrected chi connectivity index (χ1v) is 10.1. The number of para-hydroxylation sites is 1. The lowest BCUT2D eigenvalue weighted by Gasteiger charge is -2.31. The van der Waals surface area contributed by atoms with E-state index < -0.39 is 0 Å². The number of nitrogens with zero attached hydrogens (tertiary/aromatic N) is 8. The van der Waals surface area contributed by atoms with Crippen molar-refractivity contribution in [3.05, 3.63) is 65.5 Å². The molecule has 0 bridgehead atoms. The normalized spacial score (nSPS) is 15.4. The average molecular weight is 424 g/mol. The van der Waals surface area contributed by atoms with Crippen molar-refractivity contribution in [3.8, 4) is 0 Å². The van der Waals surface area contributed by atoms with Crippen LogP contribution in [0, 0.1) is 6.92 Å². The van der Waals surface area contributed by atoms with Crippen molar-refractivity contribution in [2.75, 3.05) is 13.1 Å². The first kappa shape index (κ1) is 20.4. The van der Waals surface area contributed by atoms with Gasteiger partial charge in [0.2, 0.25) is 0 Å². The number of halogens is 1. The van der Waals surface area contributed by atoms with Gasteiger partial charge in [0.05, 0.1) is 24.6 Å². The molecule has 5 rings (SSSR count). The minimum atomic E-state index is 0. The summed E-state index contributed by atoms with van der Waals surface area (Å²) in [6.07, 6.45) is 2.10. The largest absolute Gasteiger partial charge is 1.00 e. The quantitative estimate of drug-likeness (QED) is 0.435. The molecule has 0 N–H and O–H groups in total. The standard InChI is InChI=1S/C21H24N8.ClH/c1-16-6-8-17(9-7-16)14-28-21(23-24-26-28)15-27-12-10-18(11-13-27)29-20-5-3-2-4-19(20)22-25-29;/h2-9,18H,10-15H2,1H3;1H/p-1. The van der Waals surface area contributed by atoms with Crippen LogP contribution in [0.1, 0.15) is 35.8 Å². The Hall–Kier alpha value is -2.84. The van der Waals surface area contributed by atoms with Crippen LogP contribution in [-0.4, -0.2) is 53.2 Å². The molecule has 3 heterocycles. The van der Waals surface area contributed by atoms with Crippen LogP contribution in [0.3, 0.4) is 0 Å². The van der Waals surface area contributed by atoms with Crippen LogP contribution in [0.15, 0.2) is 48.5 Å². The topological polar surface area (TPSA) is 77.5 Å². The molecule has 30 heavy (non-hydrogen) atoms. The van der Waals surface area contributed by atoms with Crippen molar-refractivity contribution in [2.24, 2.45) is 0 Å². The molecule has 4 aromatic rings. The van der Waals surface area contributed by atoms with Gasteiger partial charge < -0.3 is 12.4 Å². The molecular weight excluding hydrogens is 400 g/mol. The summed E-state index contributed by atoms with van der Waals surface area (Å²) in [5.74, 6) is 0.912. The molecule has 0 amide bonds. The zero-order chi connectivity index (χ0) is 19.6. The molecule has 2 aromatic carbocycles. The van der Waals surface area contributed by atoms with Crippen LogP contribution < -0.4 is 12.4 Å². The monoisotopic (exact) mass is 423 g/mol. The van der Waals surface area contributed by atoms with Gasteiger partial charge in [-0.1, -0.05) is 47.2 Å². The van der Waals surface area contributed by atoms with Crippen LogP contribution in [0.2, 0.25) is 0 Å². The lowest BCUT2D eigenvalue weighted by Crippen LogP contribution is -3.00. The molecule has 1 fully saturated rings. The third-order valence-electron chi connectivity index (χ3n) is 5.70. The number of aryl methyl sites for hydroxylation is 1. The van der Waals surface area contributed by atoms with E-state index in [4.69, 9.17) is 0 Å². The molecule has 156 valence electrons. The molecule has 0 aliphatic carbocycles. The summed E-state index contributed by atoms with van der Waals surface area (Å²) >= 11 is 0. The Morgan fingerprint density at radius 3 is 2.47 bits per heavy atom. The number of tetrazole rings is 1. The van der Waals surface area contributed by atoms with Crippen LogP contribution in [-0.2, 0) is 13.1 Å².